The number of ether oxygens (including phenoxy) is 1. The lowest BCUT2D eigenvalue weighted by Gasteiger charge is -2.42. The molecule has 1 saturated heterocycles. The van der Waals surface area contributed by atoms with Crippen molar-refractivity contribution >= 4 is 0 Å². The van der Waals surface area contributed by atoms with E-state index in [2.05, 4.69) is 0 Å². The molecule has 0 aromatic carbocycles. The van der Waals surface area contributed by atoms with Gasteiger partial charge in [-0.25, -0.2) is 8.78 Å². The van der Waals surface area contributed by atoms with Crippen LogP contribution in [0.5, 0.6) is 0 Å². The molecule has 2 fully saturated rings. The second-order valence-electron chi connectivity index (χ2n) is 3.81. The van der Waals surface area contributed by atoms with Gasteiger partial charge >= 0.3 is 0 Å². The van der Waals surface area contributed by atoms with Gasteiger partial charge in [0, 0.05) is 24.7 Å². The van der Waals surface area contributed by atoms with E-state index in [0.717, 1.165) is 0 Å². The molecule has 1 N–H and O–H groups in total. The fraction of sp³-hybridized carbons (Fsp3) is 1.00. The van der Waals surface area contributed by atoms with Crippen LogP contribution in [0.2, 0.25) is 0 Å². The van der Waals surface area contributed by atoms with E-state index < -0.39 is 12.0 Å². The number of halogens is 2. The van der Waals surface area contributed by atoms with Crippen LogP contribution in [-0.2, 0) is 4.74 Å². The molecule has 0 aromatic heterocycles. The first-order valence-electron chi connectivity index (χ1n) is 4.22. The molecule has 2 nitrogen and oxygen atoms in total. The minimum Gasteiger partial charge on any atom is -0.392 e. The van der Waals surface area contributed by atoms with Crippen molar-refractivity contribution in [2.45, 2.75) is 24.9 Å². The van der Waals surface area contributed by atoms with Gasteiger partial charge in [-0.3, -0.25) is 0 Å². The molecule has 1 aliphatic heterocycles. The molecule has 1 heterocycles. The highest BCUT2D eigenvalue weighted by molar-refractivity contribution is 4.92. The van der Waals surface area contributed by atoms with Gasteiger partial charge in [-0.05, 0) is 0 Å². The van der Waals surface area contributed by atoms with Crippen molar-refractivity contribution < 1.29 is 18.6 Å². The average Bonchev–Trinajstić information content (AvgIpc) is 1.92. The van der Waals surface area contributed by atoms with Gasteiger partial charge in [0.1, 0.15) is 0 Å². The van der Waals surface area contributed by atoms with E-state index in [-0.39, 0.29) is 37.9 Å². The number of hydrogen-bond donors (Lipinski definition) is 1. The maximum atomic E-state index is 12.9. The van der Waals surface area contributed by atoms with Crippen molar-refractivity contribution in [1.29, 1.82) is 0 Å². The summed E-state index contributed by atoms with van der Waals surface area (Å²) in [7, 11) is 0. The highest BCUT2D eigenvalue weighted by Gasteiger charge is 2.48. The molecule has 1 saturated carbocycles. The van der Waals surface area contributed by atoms with E-state index in [1.807, 2.05) is 0 Å². The van der Waals surface area contributed by atoms with Crippen molar-refractivity contribution in [2.24, 2.45) is 11.8 Å². The van der Waals surface area contributed by atoms with Crippen LogP contribution in [0.15, 0.2) is 0 Å². The SMILES string of the molecule is OC1C2COCC1CC(F)(F)C2. The van der Waals surface area contributed by atoms with Crippen molar-refractivity contribution in [2.75, 3.05) is 13.2 Å². The lowest BCUT2D eigenvalue weighted by Crippen LogP contribution is -2.49. The molecule has 0 radical (unpaired) electrons. The molecule has 2 rings (SSSR count). The smallest absolute Gasteiger partial charge is 0.249 e. The Hall–Kier alpha value is -0.220. The van der Waals surface area contributed by atoms with Crippen molar-refractivity contribution in [1.82, 2.24) is 0 Å². The summed E-state index contributed by atoms with van der Waals surface area (Å²) < 4.78 is 31.0. The van der Waals surface area contributed by atoms with Gasteiger partial charge in [0.15, 0.2) is 0 Å². The van der Waals surface area contributed by atoms with E-state index >= 15 is 0 Å². The summed E-state index contributed by atoms with van der Waals surface area (Å²) in [5, 5.41) is 9.51. The Morgan fingerprint density at radius 2 is 1.67 bits per heavy atom. The minimum atomic E-state index is -2.58. The molecule has 2 atom stereocenters. The average molecular weight is 178 g/mol. The number of fused-ring (bicyclic) bond motifs is 2. The predicted molar refractivity (Wildman–Crippen MR) is 38.0 cm³/mol. The quantitative estimate of drug-likeness (QED) is 0.600. The van der Waals surface area contributed by atoms with Crippen LogP contribution < -0.4 is 0 Å². The fourth-order valence-electron chi connectivity index (χ4n) is 2.16. The second-order valence-corrected chi connectivity index (χ2v) is 3.81. The summed E-state index contributed by atoms with van der Waals surface area (Å²) in [4.78, 5) is 0. The van der Waals surface area contributed by atoms with Crippen LogP contribution in [0, 0.1) is 11.8 Å². The Kier molecular flexibility index (Phi) is 1.84. The molecular formula is C8H12F2O2. The third-order valence-electron chi connectivity index (χ3n) is 2.75. The van der Waals surface area contributed by atoms with Gasteiger partial charge in [-0.15, -0.1) is 0 Å². The number of rotatable bonds is 0. The Bertz CT molecular complexity index is 168. The molecule has 4 heteroatoms. The topological polar surface area (TPSA) is 29.5 Å². The van der Waals surface area contributed by atoms with E-state index in [1.165, 1.54) is 0 Å². The van der Waals surface area contributed by atoms with Crippen LogP contribution in [0.1, 0.15) is 12.8 Å². The lowest BCUT2D eigenvalue weighted by atomic mass is 9.76. The van der Waals surface area contributed by atoms with Crippen molar-refractivity contribution in [3.63, 3.8) is 0 Å². The zero-order chi connectivity index (χ0) is 8.77. The maximum absolute atomic E-state index is 12.9. The molecule has 12 heavy (non-hydrogen) atoms. The lowest BCUT2D eigenvalue weighted by molar-refractivity contribution is -0.178. The summed E-state index contributed by atoms with van der Waals surface area (Å²) >= 11 is 0. The molecule has 70 valence electrons. The van der Waals surface area contributed by atoms with Crippen LogP contribution in [0.3, 0.4) is 0 Å². The van der Waals surface area contributed by atoms with Gasteiger partial charge in [-0.1, -0.05) is 0 Å². The van der Waals surface area contributed by atoms with Crippen molar-refractivity contribution in [3.8, 4) is 0 Å². The normalized spacial score (nSPS) is 45.8. The molecule has 0 aromatic rings. The van der Waals surface area contributed by atoms with Gasteiger partial charge in [0.25, 0.3) is 0 Å². The second kappa shape index (κ2) is 2.64. The zero-order valence-corrected chi connectivity index (χ0v) is 6.67. The number of aliphatic hydroxyl groups excluding tert-OH is 1. The minimum absolute atomic E-state index is 0.218. The van der Waals surface area contributed by atoms with E-state index in [4.69, 9.17) is 4.74 Å². The van der Waals surface area contributed by atoms with Crippen LogP contribution >= 0.6 is 0 Å². The van der Waals surface area contributed by atoms with E-state index in [9.17, 15) is 13.9 Å². The molecule has 0 spiro atoms. The van der Waals surface area contributed by atoms with Crippen LogP contribution in [0.25, 0.3) is 0 Å². The van der Waals surface area contributed by atoms with E-state index in [0.29, 0.717) is 0 Å². The third kappa shape index (κ3) is 1.33. The first kappa shape index (κ1) is 8.38. The fourth-order valence-corrected chi connectivity index (χ4v) is 2.16. The third-order valence-corrected chi connectivity index (χ3v) is 2.75. The Labute approximate surface area is 69.5 Å². The van der Waals surface area contributed by atoms with Crippen molar-refractivity contribution in [3.05, 3.63) is 0 Å². The Morgan fingerprint density at radius 1 is 1.17 bits per heavy atom. The summed E-state index contributed by atoms with van der Waals surface area (Å²) in [6.07, 6.45) is -1.01. The highest BCUT2D eigenvalue weighted by Crippen LogP contribution is 2.42. The molecule has 2 unspecified atom stereocenters. The monoisotopic (exact) mass is 178 g/mol. The maximum Gasteiger partial charge on any atom is 0.249 e. The van der Waals surface area contributed by atoms with Gasteiger partial charge < -0.3 is 9.84 Å². The first-order valence-corrected chi connectivity index (χ1v) is 4.22. The summed E-state index contributed by atoms with van der Waals surface area (Å²) in [6.45, 7) is 0.570. The Morgan fingerprint density at radius 3 is 2.17 bits per heavy atom. The molecule has 0 amide bonds. The van der Waals surface area contributed by atoms with Gasteiger partial charge in [-0.2, -0.15) is 0 Å². The first-order chi connectivity index (χ1) is 5.58. The molecule has 1 aliphatic carbocycles. The molecule has 2 bridgehead atoms. The zero-order valence-electron chi connectivity index (χ0n) is 6.67. The van der Waals surface area contributed by atoms with Gasteiger partial charge in [0.05, 0.1) is 19.3 Å². The van der Waals surface area contributed by atoms with Crippen LogP contribution in [0.4, 0.5) is 8.78 Å². The number of hydrogen-bond acceptors (Lipinski definition) is 2. The Balaban J connectivity index is 2.12. The van der Waals surface area contributed by atoms with Gasteiger partial charge in [0.2, 0.25) is 5.92 Å². The largest absolute Gasteiger partial charge is 0.392 e. The van der Waals surface area contributed by atoms with E-state index in [1.54, 1.807) is 0 Å². The number of alkyl halides is 2. The summed E-state index contributed by atoms with van der Waals surface area (Å²) in [5.41, 5.74) is 0. The summed E-state index contributed by atoms with van der Waals surface area (Å²) in [6, 6.07) is 0. The number of aliphatic hydroxyl groups is 1. The predicted octanol–water partition coefficient (Wildman–Crippen LogP) is 1.04. The summed E-state index contributed by atoms with van der Waals surface area (Å²) in [5.74, 6) is -3.29. The standard InChI is InChI=1S/C8H12F2O2/c9-8(10)1-5-3-12-4-6(2-8)7(5)11/h5-7,11H,1-4H2. The molecule has 2 aliphatic rings. The molecular weight excluding hydrogens is 166 g/mol. The van der Waals surface area contributed by atoms with Crippen LogP contribution in [-0.4, -0.2) is 30.3 Å². The highest BCUT2D eigenvalue weighted by atomic mass is 19.3.